The Balaban J connectivity index is 1.65. The quantitative estimate of drug-likeness (QED) is 0.326. The van der Waals surface area contributed by atoms with Crippen molar-refractivity contribution >= 4 is 40.2 Å². The molecule has 27 heavy (non-hydrogen) atoms. The molecule has 3 aromatic carbocycles. The lowest BCUT2D eigenvalue weighted by Crippen LogP contribution is -2.08. The third-order valence-corrected chi connectivity index (χ3v) is 4.75. The number of nitrogens with zero attached hydrogens (tertiary/aromatic N) is 2. The van der Waals surface area contributed by atoms with Crippen molar-refractivity contribution < 1.29 is 9.53 Å². The monoisotopic (exact) mass is 396 g/mol. The van der Waals surface area contributed by atoms with Gasteiger partial charge in [-0.25, -0.2) is 9.78 Å². The van der Waals surface area contributed by atoms with Gasteiger partial charge in [-0.05, 0) is 60.7 Å². The maximum atomic E-state index is 12.3. The molecule has 0 saturated heterocycles. The molecular weight excluding hydrogens is 383 g/mol. The van der Waals surface area contributed by atoms with Crippen molar-refractivity contribution in [1.29, 1.82) is 0 Å². The highest BCUT2D eigenvalue weighted by atomic mass is 35.5. The van der Waals surface area contributed by atoms with Crippen LogP contribution in [0, 0.1) is 0 Å². The van der Waals surface area contributed by atoms with E-state index < -0.39 is 5.97 Å². The lowest BCUT2D eigenvalue weighted by molar-refractivity contribution is 0.0735. The van der Waals surface area contributed by atoms with Crippen molar-refractivity contribution in [2.75, 3.05) is 0 Å². The highest BCUT2D eigenvalue weighted by Crippen LogP contribution is 2.27. The molecule has 1 heterocycles. The number of hydrogen-bond acceptors (Lipinski definition) is 3. The number of halogens is 2. The fourth-order valence-corrected chi connectivity index (χ4v) is 3.10. The Morgan fingerprint density at radius 2 is 1.56 bits per heavy atom. The lowest BCUT2D eigenvalue weighted by atomic mass is 10.2. The molecule has 0 aliphatic rings. The number of imidazole rings is 1. The number of hydrogen-bond donors (Lipinski definition) is 0. The Bertz CT molecular complexity index is 1130. The van der Waals surface area contributed by atoms with Crippen LogP contribution in [-0.2, 0) is 7.05 Å². The van der Waals surface area contributed by atoms with Crippen molar-refractivity contribution in [3.05, 3.63) is 82.3 Å². The highest BCUT2D eigenvalue weighted by Gasteiger charge is 2.13. The van der Waals surface area contributed by atoms with E-state index in [-0.39, 0.29) is 0 Å². The summed E-state index contributed by atoms with van der Waals surface area (Å²) in [5, 5.41) is 1.24. The largest absolute Gasteiger partial charge is 0.423 e. The summed E-state index contributed by atoms with van der Waals surface area (Å²) in [7, 11) is 1.94. The normalized spacial score (nSPS) is 10.9. The summed E-state index contributed by atoms with van der Waals surface area (Å²) >= 11 is 11.8. The maximum absolute atomic E-state index is 12.3. The van der Waals surface area contributed by atoms with Gasteiger partial charge in [-0.2, -0.15) is 0 Å². The highest BCUT2D eigenvalue weighted by molar-refractivity contribution is 6.30. The van der Waals surface area contributed by atoms with Crippen molar-refractivity contribution in [2.24, 2.45) is 7.05 Å². The van der Waals surface area contributed by atoms with Gasteiger partial charge in [0.05, 0.1) is 16.6 Å². The van der Waals surface area contributed by atoms with E-state index in [0.717, 1.165) is 22.4 Å². The Labute approximate surface area is 165 Å². The summed E-state index contributed by atoms with van der Waals surface area (Å²) in [6.07, 6.45) is 0. The fraction of sp³-hybridized carbons (Fsp3) is 0.0476. The minimum Gasteiger partial charge on any atom is -0.423 e. The molecule has 134 valence electrons. The zero-order chi connectivity index (χ0) is 19.0. The van der Waals surface area contributed by atoms with Crippen LogP contribution in [0.15, 0.2) is 66.7 Å². The first-order valence-corrected chi connectivity index (χ1v) is 8.97. The van der Waals surface area contributed by atoms with Gasteiger partial charge in [0.15, 0.2) is 0 Å². The second-order valence-corrected chi connectivity index (χ2v) is 6.92. The Morgan fingerprint density at radius 1 is 0.926 bits per heavy atom. The number of benzene rings is 3. The van der Waals surface area contributed by atoms with E-state index in [1.165, 1.54) is 0 Å². The predicted molar refractivity (Wildman–Crippen MR) is 108 cm³/mol. The Hall–Kier alpha value is -2.82. The number of rotatable bonds is 3. The maximum Gasteiger partial charge on any atom is 0.343 e. The molecule has 0 unspecified atom stereocenters. The molecule has 0 saturated carbocycles. The molecule has 0 N–H and O–H groups in total. The topological polar surface area (TPSA) is 44.1 Å². The Morgan fingerprint density at radius 3 is 2.22 bits per heavy atom. The van der Waals surface area contributed by atoms with E-state index in [4.69, 9.17) is 27.9 Å². The second-order valence-electron chi connectivity index (χ2n) is 6.05. The van der Waals surface area contributed by atoms with Gasteiger partial charge in [-0.1, -0.05) is 23.2 Å². The van der Waals surface area contributed by atoms with E-state index in [1.807, 2.05) is 41.9 Å². The van der Waals surface area contributed by atoms with Crippen LogP contribution < -0.4 is 4.74 Å². The van der Waals surface area contributed by atoms with Crippen LogP contribution in [0.1, 0.15) is 10.4 Å². The van der Waals surface area contributed by atoms with Crippen molar-refractivity contribution in [1.82, 2.24) is 9.55 Å². The number of carbonyl (C=O) groups excluding carboxylic acids is 1. The number of aromatic nitrogens is 2. The van der Waals surface area contributed by atoms with Gasteiger partial charge in [-0.15, -0.1) is 0 Å². The first-order valence-electron chi connectivity index (χ1n) is 8.21. The Kier molecular flexibility index (Phi) is 4.60. The van der Waals surface area contributed by atoms with Gasteiger partial charge in [0.25, 0.3) is 0 Å². The predicted octanol–water partition coefficient (Wildman–Crippen LogP) is 5.77. The zero-order valence-electron chi connectivity index (χ0n) is 14.3. The van der Waals surface area contributed by atoms with Crippen LogP contribution in [0.3, 0.4) is 0 Å². The number of aryl methyl sites for hydroxylation is 1. The molecular formula is C21H14Cl2N2O2. The number of carbonyl (C=O) groups is 1. The fourth-order valence-electron chi connectivity index (χ4n) is 2.85. The van der Waals surface area contributed by atoms with Crippen LogP contribution in [0.4, 0.5) is 0 Å². The molecule has 0 amide bonds. The number of esters is 1. The molecule has 4 rings (SSSR count). The summed E-state index contributed by atoms with van der Waals surface area (Å²) in [6.45, 7) is 0. The molecule has 0 radical (unpaired) electrons. The molecule has 1 aromatic heterocycles. The van der Waals surface area contributed by atoms with Crippen molar-refractivity contribution in [3.63, 3.8) is 0 Å². The van der Waals surface area contributed by atoms with Gasteiger partial charge in [0.1, 0.15) is 11.6 Å². The molecule has 4 nitrogen and oxygen atoms in total. The lowest BCUT2D eigenvalue weighted by Gasteiger charge is -2.05. The van der Waals surface area contributed by atoms with E-state index in [0.29, 0.717) is 21.4 Å². The van der Waals surface area contributed by atoms with Crippen LogP contribution in [0.5, 0.6) is 5.75 Å². The van der Waals surface area contributed by atoms with Gasteiger partial charge in [0, 0.05) is 28.7 Å². The molecule has 0 bridgehead atoms. The molecule has 6 heteroatoms. The smallest absolute Gasteiger partial charge is 0.343 e. The zero-order valence-corrected chi connectivity index (χ0v) is 15.8. The molecule has 0 aliphatic carbocycles. The van der Waals surface area contributed by atoms with Gasteiger partial charge in [-0.3, -0.25) is 0 Å². The molecule has 0 spiro atoms. The second kappa shape index (κ2) is 7.06. The molecule has 0 fully saturated rings. The minimum atomic E-state index is -0.445. The van der Waals surface area contributed by atoms with Crippen molar-refractivity contribution in [2.45, 2.75) is 0 Å². The SMILES string of the molecule is Cn1c(-c2ccc(Cl)cc2)nc2cc(OC(=O)c3ccc(Cl)cc3)ccc21. The first kappa shape index (κ1) is 17.6. The average Bonchev–Trinajstić information content (AvgIpc) is 2.99. The van der Waals surface area contributed by atoms with Crippen molar-refractivity contribution in [3.8, 4) is 17.1 Å². The third kappa shape index (κ3) is 3.54. The van der Waals surface area contributed by atoms with E-state index in [9.17, 15) is 4.79 Å². The summed E-state index contributed by atoms with van der Waals surface area (Å²) in [6, 6.07) is 19.4. The number of fused-ring (bicyclic) bond motifs is 1. The summed E-state index contributed by atoms with van der Waals surface area (Å²) < 4.78 is 7.46. The average molecular weight is 397 g/mol. The summed E-state index contributed by atoms with van der Waals surface area (Å²) in [5.74, 6) is 0.797. The van der Waals surface area contributed by atoms with Crippen LogP contribution in [0.2, 0.25) is 10.0 Å². The molecule has 0 aliphatic heterocycles. The molecule has 0 atom stereocenters. The van der Waals surface area contributed by atoms with Gasteiger partial charge < -0.3 is 9.30 Å². The van der Waals surface area contributed by atoms with Crippen LogP contribution in [-0.4, -0.2) is 15.5 Å². The third-order valence-electron chi connectivity index (χ3n) is 4.25. The summed E-state index contributed by atoms with van der Waals surface area (Å²) in [5.41, 5.74) is 3.07. The van der Waals surface area contributed by atoms with Gasteiger partial charge >= 0.3 is 5.97 Å². The van der Waals surface area contributed by atoms with E-state index in [1.54, 1.807) is 36.4 Å². The standard InChI is InChI=1S/C21H14Cl2N2O2/c1-25-19-11-10-17(27-21(26)14-4-8-16(23)9-5-14)12-18(19)24-20(25)13-2-6-15(22)7-3-13/h2-12H,1H3. The van der Waals surface area contributed by atoms with Crippen LogP contribution in [0.25, 0.3) is 22.4 Å². The first-order chi connectivity index (χ1) is 13.0. The van der Waals surface area contributed by atoms with Crippen LogP contribution >= 0.6 is 23.2 Å². The molecule has 4 aromatic rings. The van der Waals surface area contributed by atoms with E-state index in [2.05, 4.69) is 4.98 Å². The minimum absolute atomic E-state index is 0.433. The summed E-state index contributed by atoms with van der Waals surface area (Å²) in [4.78, 5) is 17.0. The number of ether oxygens (including phenoxy) is 1. The van der Waals surface area contributed by atoms with Gasteiger partial charge in [0.2, 0.25) is 0 Å². The van der Waals surface area contributed by atoms with E-state index >= 15 is 0 Å².